The van der Waals surface area contributed by atoms with E-state index < -0.39 is 10.9 Å². The van der Waals surface area contributed by atoms with Gasteiger partial charge in [0.05, 0.1) is 23.2 Å². The van der Waals surface area contributed by atoms with E-state index in [1.165, 1.54) is 38.5 Å². The van der Waals surface area contributed by atoms with Crippen LogP contribution < -0.4 is 19.1 Å². The van der Waals surface area contributed by atoms with Crippen LogP contribution in [-0.2, 0) is 0 Å². The van der Waals surface area contributed by atoms with Gasteiger partial charge in [-0.1, -0.05) is 76.5 Å². The average Bonchev–Trinajstić information content (AvgIpc) is 3.08. The van der Waals surface area contributed by atoms with Crippen molar-refractivity contribution in [2.24, 2.45) is 0 Å². The molecule has 0 bridgehead atoms. The third-order valence-electron chi connectivity index (χ3n) is 8.34. The number of benzene rings is 3. The zero-order valence-electron chi connectivity index (χ0n) is 29.4. The van der Waals surface area contributed by atoms with Gasteiger partial charge >= 0.3 is 11.7 Å². The number of allylic oxidation sites excluding steroid dienone is 1. The Bertz CT molecular complexity index is 1420. The van der Waals surface area contributed by atoms with Gasteiger partial charge < -0.3 is 19.1 Å². The summed E-state index contributed by atoms with van der Waals surface area (Å²) in [5, 5.41) is 12.1. The van der Waals surface area contributed by atoms with Crippen molar-refractivity contribution in [2.75, 3.05) is 25.6 Å². The van der Waals surface area contributed by atoms with Gasteiger partial charge in [-0.25, -0.2) is 4.79 Å². The molecule has 0 saturated heterocycles. The number of carbonyl (C=O) groups is 1. The molecule has 0 aliphatic rings. The van der Waals surface area contributed by atoms with E-state index in [1.54, 1.807) is 48.5 Å². The first-order valence-corrected chi connectivity index (χ1v) is 17.6. The lowest BCUT2D eigenvalue weighted by molar-refractivity contribution is -0.386. The van der Waals surface area contributed by atoms with Crippen LogP contribution >= 0.6 is 0 Å². The van der Waals surface area contributed by atoms with Gasteiger partial charge in [0.2, 0.25) is 0 Å². The van der Waals surface area contributed by atoms with Gasteiger partial charge in [0, 0.05) is 37.5 Å². The molecule has 48 heavy (non-hydrogen) atoms. The van der Waals surface area contributed by atoms with E-state index in [1.807, 2.05) is 44.1 Å². The molecule has 3 aromatic carbocycles. The van der Waals surface area contributed by atoms with E-state index in [0.29, 0.717) is 23.5 Å². The number of nitro groups is 1. The van der Waals surface area contributed by atoms with Crippen molar-refractivity contribution in [3.8, 4) is 28.4 Å². The Labute approximate surface area is 287 Å². The van der Waals surface area contributed by atoms with Gasteiger partial charge in [0.25, 0.3) is 0 Å². The molecule has 0 aliphatic carbocycles. The molecule has 0 amide bonds. The van der Waals surface area contributed by atoms with Gasteiger partial charge in [0.1, 0.15) is 11.5 Å². The molecule has 260 valence electrons. The predicted molar refractivity (Wildman–Crippen MR) is 196 cm³/mol. The van der Waals surface area contributed by atoms with Crippen molar-refractivity contribution in [3.05, 3.63) is 89.0 Å². The van der Waals surface area contributed by atoms with E-state index in [4.69, 9.17) is 14.2 Å². The lowest BCUT2D eigenvalue weighted by Crippen LogP contribution is -2.15. The van der Waals surface area contributed by atoms with Crippen molar-refractivity contribution >= 4 is 17.3 Å². The van der Waals surface area contributed by atoms with Gasteiger partial charge in [0.15, 0.2) is 5.75 Å². The third-order valence-corrected chi connectivity index (χ3v) is 8.34. The topological polar surface area (TPSA) is 91.1 Å². The second-order valence-electron chi connectivity index (χ2n) is 12.6. The number of hydrogen-bond acceptors (Lipinski definition) is 7. The predicted octanol–water partition coefficient (Wildman–Crippen LogP) is 11.0. The molecule has 3 rings (SSSR count). The highest BCUT2D eigenvalue weighted by atomic mass is 16.6. The summed E-state index contributed by atoms with van der Waals surface area (Å²) in [6.07, 6.45) is 16.7. The van der Waals surface area contributed by atoms with Gasteiger partial charge in [-0.3, -0.25) is 10.1 Å². The Morgan fingerprint density at radius 3 is 2.12 bits per heavy atom. The molecule has 8 heteroatoms. The molecular weight excluding hydrogens is 604 g/mol. The smallest absolute Gasteiger partial charge is 0.343 e. The summed E-state index contributed by atoms with van der Waals surface area (Å²) < 4.78 is 17.6. The van der Waals surface area contributed by atoms with Crippen molar-refractivity contribution in [2.45, 2.75) is 103 Å². The number of esters is 1. The summed E-state index contributed by atoms with van der Waals surface area (Å²) in [6.45, 7) is 8.55. The average molecular weight is 659 g/mol. The maximum absolute atomic E-state index is 12.9. The van der Waals surface area contributed by atoms with E-state index in [2.05, 4.69) is 13.5 Å². The van der Waals surface area contributed by atoms with Crippen LogP contribution in [0, 0.1) is 10.1 Å². The Morgan fingerprint density at radius 1 is 0.875 bits per heavy atom. The second kappa shape index (κ2) is 20.8. The van der Waals surface area contributed by atoms with Crippen LogP contribution in [0.5, 0.6) is 17.2 Å². The normalized spacial score (nSPS) is 11.5. The van der Waals surface area contributed by atoms with Crippen LogP contribution in [0.15, 0.2) is 73.3 Å². The number of carbonyl (C=O) groups excluding carboxylic acids is 1. The zero-order chi connectivity index (χ0) is 34.7. The molecule has 8 nitrogen and oxygen atoms in total. The van der Waals surface area contributed by atoms with E-state index in [-0.39, 0.29) is 17.5 Å². The molecule has 3 aromatic rings. The first-order valence-electron chi connectivity index (χ1n) is 17.6. The number of unbranched alkanes of at least 4 members (excludes halogenated alkanes) is 10. The number of hydrogen-bond donors (Lipinski definition) is 0. The Hall–Kier alpha value is -4.33. The third kappa shape index (κ3) is 12.7. The molecule has 0 fully saturated rings. The minimum atomic E-state index is -0.491. The number of nitro benzene ring substituents is 1. The van der Waals surface area contributed by atoms with E-state index in [0.717, 1.165) is 61.9 Å². The fourth-order valence-corrected chi connectivity index (χ4v) is 5.55. The minimum absolute atomic E-state index is 0.0857. The standard InChI is InChI=1S/C40H54N2O6/c1-6-8-10-12-13-14-15-16-18-28-46-34-24-26-35(27-25-34)48-40(43)33-22-20-32(21-23-33)36-29-38(42(44)45)39(30-37(36)41(4)5)47-31(3)19-17-11-9-7-2/h6,20-27,29-31H,1,7-19,28H2,2-5H3/t31-/m1/s1. The quantitative estimate of drug-likeness (QED) is 0.0250. The molecule has 0 N–H and O–H groups in total. The number of nitrogens with zero attached hydrogens (tertiary/aromatic N) is 2. The summed E-state index contributed by atoms with van der Waals surface area (Å²) >= 11 is 0. The van der Waals surface area contributed by atoms with Crippen LogP contribution in [0.4, 0.5) is 11.4 Å². The molecule has 0 unspecified atom stereocenters. The Balaban J connectivity index is 1.57. The lowest BCUT2D eigenvalue weighted by atomic mass is 10.00. The summed E-state index contributed by atoms with van der Waals surface area (Å²) in [5.41, 5.74) is 2.48. The van der Waals surface area contributed by atoms with E-state index in [9.17, 15) is 14.9 Å². The van der Waals surface area contributed by atoms with Crippen LogP contribution in [0.25, 0.3) is 11.1 Å². The number of rotatable bonds is 23. The molecule has 0 aliphatic heterocycles. The van der Waals surface area contributed by atoms with Crippen LogP contribution in [-0.4, -0.2) is 37.7 Å². The summed E-state index contributed by atoms with van der Waals surface area (Å²) in [6, 6.07) is 17.3. The Morgan fingerprint density at radius 2 is 1.50 bits per heavy atom. The SMILES string of the molecule is C=CCCCCCCCCCOc1ccc(OC(=O)c2ccc(-c3cc([N+](=O)[O-])c(O[C@H](C)CCCCCC)cc3N(C)C)cc2)cc1. The van der Waals surface area contributed by atoms with Crippen LogP contribution in [0.1, 0.15) is 108 Å². The summed E-state index contributed by atoms with van der Waals surface area (Å²) in [7, 11) is 3.78. The van der Waals surface area contributed by atoms with Gasteiger partial charge in [-0.15, -0.1) is 6.58 Å². The highest BCUT2D eigenvalue weighted by molar-refractivity contribution is 5.92. The molecule has 0 saturated carbocycles. The zero-order valence-corrected chi connectivity index (χ0v) is 29.4. The van der Waals surface area contributed by atoms with Crippen molar-refractivity contribution in [1.82, 2.24) is 0 Å². The van der Waals surface area contributed by atoms with Crippen molar-refractivity contribution in [1.29, 1.82) is 0 Å². The largest absolute Gasteiger partial charge is 0.494 e. The lowest BCUT2D eigenvalue weighted by Gasteiger charge is -2.21. The molecule has 0 spiro atoms. The maximum atomic E-state index is 12.9. The first kappa shape index (κ1) is 38.1. The molecular formula is C40H54N2O6. The van der Waals surface area contributed by atoms with E-state index >= 15 is 0 Å². The fourth-order valence-electron chi connectivity index (χ4n) is 5.55. The Kier molecular flexibility index (Phi) is 16.5. The van der Waals surface area contributed by atoms with Crippen molar-refractivity contribution < 1.29 is 23.9 Å². The highest BCUT2D eigenvalue weighted by Gasteiger charge is 2.23. The molecule has 1 atom stereocenters. The van der Waals surface area contributed by atoms with Crippen LogP contribution in [0.3, 0.4) is 0 Å². The van der Waals surface area contributed by atoms with Crippen molar-refractivity contribution in [3.63, 3.8) is 0 Å². The summed E-state index contributed by atoms with van der Waals surface area (Å²) in [5.74, 6) is 0.934. The van der Waals surface area contributed by atoms with Gasteiger partial charge in [-0.05, 0) is 81.0 Å². The monoisotopic (exact) mass is 658 g/mol. The second-order valence-corrected chi connectivity index (χ2v) is 12.6. The fraction of sp³-hybridized carbons (Fsp3) is 0.475. The van der Waals surface area contributed by atoms with Gasteiger partial charge in [-0.2, -0.15) is 0 Å². The molecule has 0 radical (unpaired) electrons. The van der Waals surface area contributed by atoms with Crippen LogP contribution in [0.2, 0.25) is 0 Å². The first-order chi connectivity index (χ1) is 23.2. The number of ether oxygens (including phenoxy) is 3. The molecule has 0 aromatic heterocycles. The number of anilines is 1. The highest BCUT2D eigenvalue weighted by Crippen LogP contribution is 2.40. The maximum Gasteiger partial charge on any atom is 0.343 e. The minimum Gasteiger partial charge on any atom is -0.494 e. The molecule has 0 heterocycles. The summed E-state index contributed by atoms with van der Waals surface area (Å²) in [4.78, 5) is 26.5.